The summed E-state index contributed by atoms with van der Waals surface area (Å²) in [7, 11) is 0. The summed E-state index contributed by atoms with van der Waals surface area (Å²) in [6, 6.07) is 0. The Bertz CT molecular complexity index is 68.9. The molecule has 47 valence electrons. The van der Waals surface area contributed by atoms with Crippen LogP contribution < -0.4 is 0 Å². The van der Waals surface area contributed by atoms with Crippen molar-refractivity contribution in [3.8, 4) is 0 Å². The molecular formula is C6H11O2. The average molecular weight is 115 g/mol. The van der Waals surface area contributed by atoms with Gasteiger partial charge in [0.1, 0.15) is 0 Å². The van der Waals surface area contributed by atoms with Gasteiger partial charge in [-0.3, -0.25) is 0 Å². The molecule has 0 aromatic rings. The maximum atomic E-state index is 8.73. The topological polar surface area (TPSA) is 40.5 Å². The van der Waals surface area contributed by atoms with E-state index < -0.39 is 6.10 Å². The minimum Gasteiger partial charge on any atom is -0.389 e. The van der Waals surface area contributed by atoms with Crippen molar-refractivity contribution in [2.45, 2.75) is 19.4 Å². The molecule has 2 nitrogen and oxygen atoms in total. The van der Waals surface area contributed by atoms with Crippen LogP contribution in [-0.2, 0) is 0 Å². The van der Waals surface area contributed by atoms with Crippen LogP contribution in [0.3, 0.4) is 0 Å². The Morgan fingerprint density at radius 1 is 1.88 bits per heavy atom. The van der Waals surface area contributed by atoms with Gasteiger partial charge >= 0.3 is 0 Å². The Hall–Kier alpha value is -0.340. The van der Waals surface area contributed by atoms with Crippen LogP contribution in [-0.4, -0.2) is 16.3 Å². The van der Waals surface area contributed by atoms with Gasteiger partial charge in [0.2, 0.25) is 0 Å². The molecule has 0 saturated carbocycles. The third-order valence-corrected chi connectivity index (χ3v) is 0.777. The third kappa shape index (κ3) is 3.84. The number of aliphatic hydroxyl groups is 2. The fraction of sp³-hybridized carbons (Fsp3) is 0.500. The van der Waals surface area contributed by atoms with Crippen molar-refractivity contribution in [2.75, 3.05) is 0 Å². The smallest absolute Gasteiger partial charge is 0.0931 e. The lowest BCUT2D eigenvalue weighted by molar-refractivity contribution is 0.175. The van der Waals surface area contributed by atoms with E-state index in [1.807, 2.05) is 0 Å². The second-order valence-electron chi connectivity index (χ2n) is 1.74. The Kier molecular flexibility index (Phi) is 3.48. The minimum absolute atomic E-state index is 0.234. The molecule has 2 N–H and O–H groups in total. The van der Waals surface area contributed by atoms with Gasteiger partial charge < -0.3 is 10.2 Å². The zero-order valence-corrected chi connectivity index (χ0v) is 4.96. The van der Waals surface area contributed by atoms with E-state index in [0.29, 0.717) is 6.42 Å². The molecule has 8 heavy (non-hydrogen) atoms. The first-order chi connectivity index (χ1) is 3.66. The van der Waals surface area contributed by atoms with Gasteiger partial charge in [0, 0.05) is 6.42 Å². The largest absolute Gasteiger partial charge is 0.389 e. The van der Waals surface area contributed by atoms with E-state index in [1.165, 1.54) is 6.08 Å². The highest BCUT2D eigenvalue weighted by Crippen LogP contribution is 2.03. The maximum absolute atomic E-state index is 8.73. The molecule has 0 amide bonds. The van der Waals surface area contributed by atoms with Crippen LogP contribution in [0, 0.1) is 6.10 Å². The molecule has 0 aromatic carbocycles. The molecule has 0 aliphatic heterocycles. The fourth-order valence-electron chi connectivity index (χ4n) is 0.386. The molecule has 0 aromatic heterocycles. The molecule has 0 heterocycles. The van der Waals surface area contributed by atoms with E-state index in [4.69, 9.17) is 10.2 Å². The van der Waals surface area contributed by atoms with E-state index in [9.17, 15) is 0 Å². The molecule has 0 aliphatic carbocycles. The summed E-state index contributed by atoms with van der Waals surface area (Å²) in [4.78, 5) is 0. The lowest BCUT2D eigenvalue weighted by atomic mass is 10.2. The van der Waals surface area contributed by atoms with Crippen LogP contribution in [0.25, 0.3) is 0 Å². The first-order valence-electron chi connectivity index (χ1n) is 2.49. The molecule has 1 unspecified atom stereocenters. The first kappa shape index (κ1) is 7.66. The highest BCUT2D eigenvalue weighted by atomic mass is 16.3. The van der Waals surface area contributed by atoms with Crippen LogP contribution >= 0.6 is 0 Å². The van der Waals surface area contributed by atoms with Crippen molar-refractivity contribution in [1.82, 2.24) is 0 Å². The Labute approximate surface area is 49.5 Å². The monoisotopic (exact) mass is 115 g/mol. The van der Waals surface area contributed by atoms with E-state index in [-0.39, 0.29) is 6.10 Å². The molecule has 0 bridgehead atoms. The summed E-state index contributed by atoms with van der Waals surface area (Å²) in [5.41, 5.74) is 0. The van der Waals surface area contributed by atoms with Crippen molar-refractivity contribution in [1.29, 1.82) is 0 Å². The summed E-state index contributed by atoms with van der Waals surface area (Å²) in [5, 5.41) is 17.3. The van der Waals surface area contributed by atoms with Crippen LogP contribution in [0.1, 0.15) is 13.3 Å². The quantitative estimate of drug-likeness (QED) is 0.535. The predicted molar refractivity (Wildman–Crippen MR) is 31.7 cm³/mol. The molecule has 0 saturated heterocycles. The van der Waals surface area contributed by atoms with Crippen LogP contribution in [0.15, 0.2) is 12.7 Å². The summed E-state index contributed by atoms with van der Waals surface area (Å²) in [6.07, 6.45) is 1.32. The molecular weight excluding hydrogens is 104 g/mol. The van der Waals surface area contributed by atoms with Crippen LogP contribution in [0.4, 0.5) is 0 Å². The van der Waals surface area contributed by atoms with Gasteiger partial charge in [0.15, 0.2) is 0 Å². The standard InChI is InChI=1S/C6H11O2/c1-3-6(8)4-5(2)7/h3,6-8H,1,4H2,2H3. The predicted octanol–water partition coefficient (Wildman–Crippen LogP) is 0.848. The van der Waals surface area contributed by atoms with Crippen molar-refractivity contribution in [3.63, 3.8) is 0 Å². The number of aliphatic hydroxyl groups excluding tert-OH is 2. The lowest BCUT2D eigenvalue weighted by Gasteiger charge is -2.04. The normalized spacial score (nSPS) is 14.0. The van der Waals surface area contributed by atoms with Crippen LogP contribution in [0.5, 0.6) is 0 Å². The molecule has 0 aliphatic rings. The van der Waals surface area contributed by atoms with Crippen molar-refractivity contribution in [3.05, 3.63) is 18.8 Å². The number of rotatable bonds is 3. The summed E-state index contributed by atoms with van der Waals surface area (Å²) < 4.78 is 0. The van der Waals surface area contributed by atoms with E-state index >= 15 is 0 Å². The van der Waals surface area contributed by atoms with E-state index in [1.54, 1.807) is 6.92 Å². The Morgan fingerprint density at radius 3 is 2.50 bits per heavy atom. The van der Waals surface area contributed by atoms with Gasteiger partial charge in [0.05, 0.1) is 12.2 Å². The lowest BCUT2D eigenvalue weighted by Crippen LogP contribution is -2.05. The van der Waals surface area contributed by atoms with Crippen molar-refractivity contribution < 1.29 is 10.2 Å². The number of hydrogen-bond acceptors (Lipinski definition) is 2. The van der Waals surface area contributed by atoms with Gasteiger partial charge in [-0.25, -0.2) is 0 Å². The third-order valence-electron chi connectivity index (χ3n) is 0.777. The SMILES string of the molecule is C=CC(O)C[C](C)O. The highest BCUT2D eigenvalue weighted by molar-refractivity contribution is 4.84. The molecule has 1 radical (unpaired) electrons. The van der Waals surface area contributed by atoms with E-state index in [2.05, 4.69) is 6.58 Å². The summed E-state index contributed by atoms with van der Waals surface area (Å²) >= 11 is 0. The fourth-order valence-corrected chi connectivity index (χ4v) is 0.386. The van der Waals surface area contributed by atoms with Gasteiger partial charge in [-0.05, 0) is 6.92 Å². The van der Waals surface area contributed by atoms with Crippen molar-refractivity contribution >= 4 is 0 Å². The second-order valence-corrected chi connectivity index (χ2v) is 1.74. The van der Waals surface area contributed by atoms with E-state index in [0.717, 1.165) is 0 Å². The van der Waals surface area contributed by atoms with Gasteiger partial charge in [-0.1, -0.05) is 6.08 Å². The Balaban J connectivity index is 3.23. The zero-order valence-electron chi connectivity index (χ0n) is 4.96. The van der Waals surface area contributed by atoms with Crippen LogP contribution in [0.2, 0.25) is 0 Å². The summed E-state index contributed by atoms with van der Waals surface area (Å²) in [5.74, 6) is 0. The molecule has 0 rings (SSSR count). The summed E-state index contributed by atoms with van der Waals surface area (Å²) in [6.45, 7) is 4.89. The minimum atomic E-state index is -0.597. The second kappa shape index (κ2) is 3.64. The molecule has 0 spiro atoms. The number of hydrogen-bond donors (Lipinski definition) is 2. The molecule has 0 fully saturated rings. The van der Waals surface area contributed by atoms with Gasteiger partial charge in [0.25, 0.3) is 0 Å². The maximum Gasteiger partial charge on any atom is 0.0931 e. The molecule has 2 heteroatoms. The van der Waals surface area contributed by atoms with Gasteiger partial charge in [-0.15, -0.1) is 6.58 Å². The average Bonchev–Trinajstić information content (AvgIpc) is 1.65. The molecule has 1 atom stereocenters. The van der Waals surface area contributed by atoms with Crippen molar-refractivity contribution in [2.24, 2.45) is 0 Å². The Morgan fingerprint density at radius 2 is 2.38 bits per heavy atom. The first-order valence-corrected chi connectivity index (χ1v) is 2.49. The van der Waals surface area contributed by atoms with Gasteiger partial charge in [-0.2, -0.15) is 0 Å². The zero-order chi connectivity index (χ0) is 6.57. The highest BCUT2D eigenvalue weighted by Gasteiger charge is 2.02.